The topological polar surface area (TPSA) is 141 Å². The van der Waals surface area contributed by atoms with E-state index in [4.69, 9.17) is 5.11 Å². The first-order valence-corrected chi connectivity index (χ1v) is 15.1. The molecule has 2 amide bonds. The van der Waals surface area contributed by atoms with Crippen LogP contribution in [-0.4, -0.2) is 72.0 Å². The van der Waals surface area contributed by atoms with Crippen LogP contribution in [0, 0.1) is 0 Å². The van der Waals surface area contributed by atoms with Gasteiger partial charge >= 0.3 is 12.1 Å². The summed E-state index contributed by atoms with van der Waals surface area (Å²) in [6, 6.07) is 9.00. The Hall–Kier alpha value is -3.78. The SMILES string of the molecule is CC(C)c1ccc(CNC(=O)[C@H]2CN(C(=O)CCC(=O)CCC(=O)O)CCN2S(=O)(=O)c2ccc(C(F)(F)F)cc2)cc1. The summed E-state index contributed by atoms with van der Waals surface area (Å²) in [5.41, 5.74) is 0.808. The molecule has 1 aliphatic rings. The molecule has 1 saturated heterocycles. The highest BCUT2D eigenvalue weighted by Gasteiger charge is 2.41. The van der Waals surface area contributed by atoms with Crippen molar-refractivity contribution in [2.75, 3.05) is 19.6 Å². The van der Waals surface area contributed by atoms with Gasteiger partial charge in [0.2, 0.25) is 21.8 Å². The number of aliphatic carboxylic acids is 1. The summed E-state index contributed by atoms with van der Waals surface area (Å²) < 4.78 is 67.0. The number of hydrogen-bond donors (Lipinski definition) is 2. The zero-order valence-corrected chi connectivity index (χ0v) is 24.6. The molecule has 14 heteroatoms. The minimum Gasteiger partial charge on any atom is -0.481 e. The van der Waals surface area contributed by atoms with Gasteiger partial charge in [0, 0.05) is 45.4 Å². The number of alkyl halides is 3. The number of Topliss-reactive ketones (excluding diaryl/α,β-unsaturated/α-hetero) is 1. The van der Waals surface area contributed by atoms with E-state index in [9.17, 15) is 40.8 Å². The number of carboxylic acid groups (broad SMARTS) is 1. The lowest BCUT2D eigenvalue weighted by molar-refractivity contribution is -0.139. The summed E-state index contributed by atoms with van der Waals surface area (Å²) in [4.78, 5) is 49.7. The summed E-state index contributed by atoms with van der Waals surface area (Å²) in [6.45, 7) is 3.34. The molecule has 1 atom stereocenters. The molecule has 234 valence electrons. The van der Waals surface area contributed by atoms with Gasteiger partial charge in [-0.25, -0.2) is 8.42 Å². The molecule has 10 nitrogen and oxygen atoms in total. The van der Waals surface area contributed by atoms with Gasteiger partial charge < -0.3 is 15.3 Å². The number of amides is 2. The summed E-state index contributed by atoms with van der Waals surface area (Å²) in [5, 5.41) is 11.4. The van der Waals surface area contributed by atoms with Crippen molar-refractivity contribution >= 4 is 33.6 Å². The molecular formula is C29H34F3N3O7S. The number of benzene rings is 2. The van der Waals surface area contributed by atoms with E-state index in [-0.39, 0.29) is 51.9 Å². The van der Waals surface area contributed by atoms with Crippen molar-refractivity contribution in [1.82, 2.24) is 14.5 Å². The van der Waals surface area contributed by atoms with E-state index in [1.807, 2.05) is 38.1 Å². The molecule has 1 heterocycles. The third-order valence-corrected chi connectivity index (χ3v) is 9.05. The Balaban J connectivity index is 1.79. The molecule has 0 aromatic heterocycles. The van der Waals surface area contributed by atoms with Crippen molar-refractivity contribution in [3.8, 4) is 0 Å². The summed E-state index contributed by atoms with van der Waals surface area (Å²) in [7, 11) is -4.45. The van der Waals surface area contributed by atoms with Crippen molar-refractivity contribution in [2.24, 2.45) is 0 Å². The van der Waals surface area contributed by atoms with E-state index < -0.39 is 56.3 Å². The molecule has 2 aromatic rings. The van der Waals surface area contributed by atoms with Crippen molar-refractivity contribution in [2.45, 2.75) is 69.1 Å². The zero-order chi connectivity index (χ0) is 31.9. The van der Waals surface area contributed by atoms with Crippen molar-refractivity contribution in [3.63, 3.8) is 0 Å². The van der Waals surface area contributed by atoms with Crippen LogP contribution in [0.2, 0.25) is 0 Å². The second kappa shape index (κ2) is 14.1. The van der Waals surface area contributed by atoms with Gasteiger partial charge in [-0.05, 0) is 41.3 Å². The lowest BCUT2D eigenvalue weighted by Crippen LogP contribution is -2.61. The maximum absolute atomic E-state index is 13.5. The molecule has 0 spiro atoms. The number of rotatable bonds is 12. The largest absolute Gasteiger partial charge is 0.481 e. The number of halogens is 3. The molecule has 0 saturated carbocycles. The van der Waals surface area contributed by atoms with Gasteiger partial charge in [0.25, 0.3) is 0 Å². The number of carbonyl (C=O) groups excluding carboxylic acids is 3. The Kier molecular flexibility index (Phi) is 11.1. The second-order valence-electron chi connectivity index (χ2n) is 10.5. The van der Waals surface area contributed by atoms with Gasteiger partial charge in [-0.1, -0.05) is 38.1 Å². The van der Waals surface area contributed by atoms with Crippen LogP contribution in [0.15, 0.2) is 53.4 Å². The van der Waals surface area contributed by atoms with E-state index in [1.165, 1.54) is 4.90 Å². The first kappa shape index (κ1) is 33.7. The van der Waals surface area contributed by atoms with Crippen molar-refractivity contribution < 1.29 is 45.9 Å². The summed E-state index contributed by atoms with van der Waals surface area (Å²) in [6.07, 6.45) is -5.72. The molecule has 0 unspecified atom stereocenters. The number of hydrogen-bond acceptors (Lipinski definition) is 6. The van der Waals surface area contributed by atoms with Crippen molar-refractivity contribution in [1.29, 1.82) is 0 Å². The van der Waals surface area contributed by atoms with E-state index >= 15 is 0 Å². The first-order chi connectivity index (χ1) is 20.1. The van der Waals surface area contributed by atoms with Crippen LogP contribution in [0.4, 0.5) is 13.2 Å². The Morgan fingerprint density at radius 3 is 2.09 bits per heavy atom. The quantitative estimate of drug-likeness (QED) is 0.368. The monoisotopic (exact) mass is 625 g/mol. The number of ketones is 1. The van der Waals surface area contributed by atoms with E-state index in [0.29, 0.717) is 18.1 Å². The lowest BCUT2D eigenvalue weighted by atomic mass is 10.0. The summed E-state index contributed by atoms with van der Waals surface area (Å²) in [5.74, 6) is -2.49. The van der Waals surface area contributed by atoms with Crippen LogP contribution < -0.4 is 5.32 Å². The number of nitrogens with one attached hydrogen (secondary N) is 1. The average Bonchev–Trinajstić information content (AvgIpc) is 2.97. The minimum absolute atomic E-state index is 0.0634. The highest BCUT2D eigenvalue weighted by Crippen LogP contribution is 2.31. The molecule has 1 aliphatic heterocycles. The Labute approximate surface area is 247 Å². The molecule has 0 radical (unpaired) electrons. The molecule has 2 aromatic carbocycles. The molecule has 0 bridgehead atoms. The standard InChI is InChI=1S/C29H34F3N3O7S/c1-19(2)21-5-3-20(4-6-21)17-33-28(40)25-18-34(26(37)13-9-23(36)10-14-27(38)39)15-16-35(25)43(41,42)24-11-7-22(8-12-24)29(30,31)32/h3-8,11-12,19,25H,9-10,13-18H2,1-2H3,(H,33,40)(H,38,39)/t25-/m1/s1. The first-order valence-electron chi connectivity index (χ1n) is 13.7. The normalized spacial score (nSPS) is 16.2. The van der Waals surface area contributed by atoms with E-state index in [1.54, 1.807) is 0 Å². The molecule has 3 rings (SSSR count). The predicted molar refractivity (Wildman–Crippen MR) is 149 cm³/mol. The van der Waals surface area contributed by atoms with Gasteiger partial charge in [-0.15, -0.1) is 0 Å². The highest BCUT2D eigenvalue weighted by molar-refractivity contribution is 7.89. The minimum atomic E-state index is -4.67. The fraction of sp³-hybridized carbons (Fsp3) is 0.448. The fourth-order valence-electron chi connectivity index (χ4n) is 4.55. The van der Waals surface area contributed by atoms with Crippen LogP contribution in [0.1, 0.15) is 62.1 Å². The Morgan fingerprint density at radius 1 is 0.930 bits per heavy atom. The third-order valence-electron chi connectivity index (χ3n) is 7.12. The molecule has 1 fully saturated rings. The number of carbonyl (C=O) groups is 4. The number of sulfonamides is 1. The predicted octanol–water partition coefficient (Wildman–Crippen LogP) is 3.56. The fourth-order valence-corrected chi connectivity index (χ4v) is 6.12. The highest BCUT2D eigenvalue weighted by atomic mass is 32.2. The lowest BCUT2D eigenvalue weighted by Gasteiger charge is -2.39. The van der Waals surface area contributed by atoms with Crippen molar-refractivity contribution in [3.05, 3.63) is 65.2 Å². The Morgan fingerprint density at radius 2 is 1.53 bits per heavy atom. The number of nitrogens with zero attached hydrogens (tertiary/aromatic N) is 2. The van der Waals surface area contributed by atoms with Crippen LogP contribution in [0.3, 0.4) is 0 Å². The van der Waals surface area contributed by atoms with Crippen LogP contribution >= 0.6 is 0 Å². The molecule has 2 N–H and O–H groups in total. The molecule has 43 heavy (non-hydrogen) atoms. The third kappa shape index (κ3) is 9.10. The van der Waals surface area contributed by atoms with Gasteiger partial charge in [0.15, 0.2) is 0 Å². The van der Waals surface area contributed by atoms with Crippen LogP contribution in [-0.2, 0) is 41.9 Å². The van der Waals surface area contributed by atoms with Gasteiger partial charge in [0.05, 0.1) is 16.9 Å². The molecular weight excluding hydrogens is 591 g/mol. The van der Waals surface area contributed by atoms with Crippen LogP contribution in [0.5, 0.6) is 0 Å². The van der Waals surface area contributed by atoms with Gasteiger partial charge in [0.1, 0.15) is 11.8 Å². The van der Waals surface area contributed by atoms with E-state index in [2.05, 4.69) is 5.32 Å². The van der Waals surface area contributed by atoms with Gasteiger partial charge in [-0.3, -0.25) is 19.2 Å². The smallest absolute Gasteiger partial charge is 0.416 e. The molecule has 0 aliphatic carbocycles. The number of carboxylic acids is 1. The van der Waals surface area contributed by atoms with Gasteiger partial charge in [-0.2, -0.15) is 17.5 Å². The van der Waals surface area contributed by atoms with Crippen LogP contribution in [0.25, 0.3) is 0 Å². The zero-order valence-electron chi connectivity index (χ0n) is 23.8. The van der Waals surface area contributed by atoms with E-state index in [0.717, 1.165) is 27.6 Å². The number of piperazine rings is 1. The second-order valence-corrected chi connectivity index (χ2v) is 12.4. The summed E-state index contributed by atoms with van der Waals surface area (Å²) >= 11 is 0. The Bertz CT molecular complexity index is 1430. The maximum atomic E-state index is 13.5. The average molecular weight is 626 g/mol. The maximum Gasteiger partial charge on any atom is 0.416 e.